The van der Waals surface area contributed by atoms with Gasteiger partial charge >= 0.3 is 0 Å². The minimum atomic E-state index is -4.18. The molecule has 1 amide bonds. The first-order valence-corrected chi connectivity index (χ1v) is 8.67. The summed E-state index contributed by atoms with van der Waals surface area (Å²) in [4.78, 5) is 13.1. The van der Waals surface area contributed by atoms with Crippen LogP contribution >= 0.6 is 23.2 Å². The third-order valence-corrected chi connectivity index (χ3v) is 4.91. The van der Waals surface area contributed by atoms with E-state index in [0.717, 1.165) is 6.07 Å². The van der Waals surface area contributed by atoms with Crippen LogP contribution in [0.3, 0.4) is 0 Å². The van der Waals surface area contributed by atoms with Crippen LogP contribution in [0.25, 0.3) is 0 Å². The summed E-state index contributed by atoms with van der Waals surface area (Å²) in [6.45, 7) is -0.598. The second-order valence-electron chi connectivity index (χ2n) is 4.42. The lowest BCUT2D eigenvalue weighted by molar-refractivity contribution is -0.123. The highest BCUT2D eigenvalue weighted by Gasteiger charge is 2.22. The first-order chi connectivity index (χ1) is 11.3. The number of nitrogens with one attached hydrogen (secondary N) is 2. The molecular formula is C14H11Cl2FN2O4S. The quantitative estimate of drug-likeness (QED) is 0.739. The number of sulfonamides is 1. The predicted molar refractivity (Wildman–Crippen MR) is 86.8 cm³/mol. The summed E-state index contributed by atoms with van der Waals surface area (Å²) in [6, 6.07) is 9.63. The van der Waals surface area contributed by atoms with Crippen LogP contribution in [0.4, 0.5) is 4.39 Å². The normalized spacial score (nSPS) is 11.1. The number of benzene rings is 2. The third-order valence-electron chi connectivity index (χ3n) is 2.71. The summed E-state index contributed by atoms with van der Waals surface area (Å²) in [6.07, 6.45) is 0. The Hall–Kier alpha value is -1.87. The van der Waals surface area contributed by atoms with Crippen molar-refractivity contribution in [1.82, 2.24) is 10.3 Å². The Balaban J connectivity index is 1.97. The molecule has 10 heteroatoms. The van der Waals surface area contributed by atoms with Crippen molar-refractivity contribution in [3.8, 4) is 5.75 Å². The molecule has 0 aliphatic rings. The van der Waals surface area contributed by atoms with Crippen molar-refractivity contribution in [2.45, 2.75) is 4.90 Å². The van der Waals surface area contributed by atoms with Crippen molar-refractivity contribution < 1.29 is 22.3 Å². The van der Waals surface area contributed by atoms with Gasteiger partial charge in [-0.05, 0) is 24.3 Å². The Morgan fingerprint density at radius 3 is 2.33 bits per heavy atom. The van der Waals surface area contributed by atoms with Gasteiger partial charge < -0.3 is 4.74 Å². The van der Waals surface area contributed by atoms with Gasteiger partial charge in [0.05, 0.1) is 10.0 Å². The van der Waals surface area contributed by atoms with Gasteiger partial charge in [0.2, 0.25) is 0 Å². The molecule has 6 nitrogen and oxygen atoms in total. The van der Waals surface area contributed by atoms with E-state index < -0.39 is 28.4 Å². The molecule has 0 heterocycles. The summed E-state index contributed by atoms with van der Waals surface area (Å²) < 4.78 is 42.5. The number of rotatable bonds is 6. The van der Waals surface area contributed by atoms with Gasteiger partial charge in [-0.25, -0.2) is 12.8 Å². The monoisotopic (exact) mass is 392 g/mol. The average molecular weight is 393 g/mol. The molecule has 0 saturated carbocycles. The fourth-order valence-electron chi connectivity index (χ4n) is 1.66. The summed E-state index contributed by atoms with van der Waals surface area (Å²) in [5.74, 6) is -1.62. The lowest BCUT2D eigenvalue weighted by Crippen LogP contribution is -2.43. The lowest BCUT2D eigenvalue weighted by Gasteiger charge is -2.11. The number of carbonyl (C=O) groups is 1. The first-order valence-electron chi connectivity index (χ1n) is 6.43. The van der Waals surface area contributed by atoms with Gasteiger partial charge in [-0.3, -0.25) is 10.2 Å². The van der Waals surface area contributed by atoms with Crippen molar-refractivity contribution in [3.63, 3.8) is 0 Å². The maximum atomic E-state index is 13.3. The van der Waals surface area contributed by atoms with Gasteiger partial charge in [0.25, 0.3) is 15.9 Å². The number of para-hydroxylation sites is 1. The second kappa shape index (κ2) is 7.80. The number of hydrogen-bond acceptors (Lipinski definition) is 4. The number of halogens is 3. The molecule has 2 aromatic carbocycles. The molecule has 0 radical (unpaired) electrons. The number of hydrazine groups is 1. The SMILES string of the molecule is O=C(COc1ccccc1F)NNS(=O)(=O)c1c(Cl)cccc1Cl. The molecule has 0 saturated heterocycles. The maximum absolute atomic E-state index is 13.3. The summed E-state index contributed by atoms with van der Waals surface area (Å²) >= 11 is 11.6. The summed E-state index contributed by atoms with van der Waals surface area (Å²) in [5.41, 5.74) is 1.92. The van der Waals surface area contributed by atoms with Gasteiger partial charge in [-0.15, -0.1) is 4.83 Å². The zero-order chi connectivity index (χ0) is 17.7. The van der Waals surface area contributed by atoms with Gasteiger partial charge in [-0.2, -0.15) is 0 Å². The van der Waals surface area contributed by atoms with Crippen molar-refractivity contribution in [2.24, 2.45) is 0 Å². The maximum Gasteiger partial charge on any atom is 0.272 e. The highest BCUT2D eigenvalue weighted by atomic mass is 35.5. The van der Waals surface area contributed by atoms with Crippen LogP contribution < -0.4 is 15.0 Å². The van der Waals surface area contributed by atoms with Gasteiger partial charge in [0, 0.05) is 0 Å². The van der Waals surface area contributed by atoms with Gasteiger partial charge in [0.1, 0.15) is 4.90 Å². The molecule has 0 spiro atoms. The van der Waals surface area contributed by atoms with E-state index >= 15 is 0 Å². The van der Waals surface area contributed by atoms with Crippen molar-refractivity contribution >= 4 is 39.1 Å². The number of amides is 1. The Labute approximate surface area is 147 Å². The topological polar surface area (TPSA) is 84.5 Å². The van der Waals surface area contributed by atoms with E-state index in [-0.39, 0.29) is 20.7 Å². The Morgan fingerprint density at radius 2 is 1.71 bits per heavy atom. The molecule has 2 aromatic rings. The fourth-order valence-corrected chi connectivity index (χ4v) is 3.66. The number of carbonyl (C=O) groups excluding carboxylic acids is 1. The molecule has 2 rings (SSSR count). The van der Waals surface area contributed by atoms with Crippen LogP contribution in [-0.2, 0) is 14.8 Å². The zero-order valence-electron chi connectivity index (χ0n) is 11.9. The molecule has 0 fully saturated rings. The molecule has 0 atom stereocenters. The zero-order valence-corrected chi connectivity index (χ0v) is 14.3. The van der Waals surface area contributed by atoms with Crippen LogP contribution in [0.15, 0.2) is 47.4 Å². The van der Waals surface area contributed by atoms with Crippen LogP contribution in [0.5, 0.6) is 5.75 Å². The van der Waals surface area contributed by atoms with E-state index in [1.165, 1.54) is 36.4 Å². The van der Waals surface area contributed by atoms with Gasteiger partial charge in [0.15, 0.2) is 18.2 Å². The van der Waals surface area contributed by atoms with E-state index in [2.05, 4.69) is 0 Å². The van der Waals surface area contributed by atoms with Crippen molar-refractivity contribution in [2.75, 3.05) is 6.61 Å². The third kappa shape index (κ3) is 4.57. The molecule has 2 N–H and O–H groups in total. The summed E-state index contributed by atoms with van der Waals surface area (Å²) in [5, 5.41) is -0.210. The fraction of sp³-hybridized carbons (Fsp3) is 0.0714. The highest BCUT2D eigenvalue weighted by molar-refractivity contribution is 7.89. The van der Waals surface area contributed by atoms with Crippen molar-refractivity contribution in [1.29, 1.82) is 0 Å². The van der Waals surface area contributed by atoms with E-state index in [1.54, 1.807) is 0 Å². The molecule has 0 aliphatic carbocycles. The molecular weight excluding hydrogens is 382 g/mol. The van der Waals surface area contributed by atoms with Crippen LogP contribution in [0.2, 0.25) is 10.0 Å². The van der Waals surface area contributed by atoms with Crippen molar-refractivity contribution in [3.05, 3.63) is 58.3 Å². The van der Waals surface area contributed by atoms with E-state index in [9.17, 15) is 17.6 Å². The van der Waals surface area contributed by atoms with E-state index in [0.29, 0.717) is 0 Å². The van der Waals surface area contributed by atoms with Gasteiger partial charge in [-0.1, -0.05) is 41.4 Å². The minimum absolute atomic E-state index is 0.105. The minimum Gasteiger partial charge on any atom is -0.481 e. The second-order valence-corrected chi connectivity index (χ2v) is 6.86. The molecule has 24 heavy (non-hydrogen) atoms. The van der Waals surface area contributed by atoms with Crippen LogP contribution in [0, 0.1) is 5.82 Å². The Kier molecular flexibility index (Phi) is 6.00. The van der Waals surface area contributed by atoms with Crippen LogP contribution in [-0.4, -0.2) is 20.9 Å². The molecule has 128 valence electrons. The van der Waals surface area contributed by atoms with E-state index in [4.69, 9.17) is 27.9 Å². The molecule has 0 unspecified atom stereocenters. The Bertz CT molecular complexity index is 841. The Morgan fingerprint density at radius 1 is 1.08 bits per heavy atom. The smallest absolute Gasteiger partial charge is 0.272 e. The first kappa shape index (κ1) is 18.5. The largest absolute Gasteiger partial charge is 0.481 e. The molecule has 0 aliphatic heterocycles. The highest BCUT2D eigenvalue weighted by Crippen LogP contribution is 2.28. The summed E-state index contributed by atoms with van der Waals surface area (Å²) in [7, 11) is -4.18. The molecule has 0 bridgehead atoms. The number of hydrogen-bond donors (Lipinski definition) is 2. The average Bonchev–Trinajstić information content (AvgIpc) is 2.52. The predicted octanol–water partition coefficient (Wildman–Crippen LogP) is 2.52. The molecule has 0 aromatic heterocycles. The van der Waals surface area contributed by atoms with E-state index in [1.807, 2.05) is 10.3 Å². The standard InChI is InChI=1S/C14H11Cl2FN2O4S/c15-9-4-3-5-10(16)14(9)24(21,22)19-18-13(20)8-23-12-7-2-1-6-11(12)17/h1-7,19H,8H2,(H,18,20). The van der Waals surface area contributed by atoms with Crippen LogP contribution in [0.1, 0.15) is 0 Å². The lowest BCUT2D eigenvalue weighted by atomic mass is 10.3. The number of ether oxygens (including phenoxy) is 1.